The monoisotopic (exact) mass is 628 g/mol. The lowest BCUT2D eigenvalue weighted by Crippen LogP contribution is -2.41. The summed E-state index contributed by atoms with van der Waals surface area (Å²) in [6.07, 6.45) is 21.2. The van der Waals surface area contributed by atoms with Gasteiger partial charge < -0.3 is 14.7 Å². The molecule has 0 amide bonds. The molecule has 10 nitrogen and oxygen atoms in total. The molecule has 0 aromatic rings. The van der Waals surface area contributed by atoms with Crippen LogP contribution in [-0.2, 0) is 27.9 Å². The Bertz CT molecular complexity index is 885. The molecule has 0 spiro atoms. The summed E-state index contributed by atoms with van der Waals surface area (Å²) in [5.41, 5.74) is -0.630. The third kappa shape index (κ3) is 20.9. The maximum absolute atomic E-state index is 13.2. The first kappa shape index (κ1) is 39.4. The molecule has 3 atom stereocenters. The predicted octanol–water partition coefficient (Wildman–Crippen LogP) is 7.99. The molecule has 248 valence electrons. The highest BCUT2D eigenvalue weighted by Gasteiger charge is 2.39. The molecular formula is C32H57N2O8P. The second-order valence-electron chi connectivity index (χ2n) is 11.8. The molecule has 11 heteroatoms. The Morgan fingerprint density at radius 2 is 1.37 bits per heavy atom. The molecule has 1 heterocycles. The van der Waals surface area contributed by atoms with Gasteiger partial charge in [-0.2, -0.15) is 10.2 Å². The number of hydrogen-bond acceptors (Lipinski definition) is 9. The average Bonchev–Trinajstić information content (AvgIpc) is 3.71. The molecule has 1 aliphatic rings. The number of hydrogen-bond donors (Lipinski definition) is 2. The van der Waals surface area contributed by atoms with E-state index in [0.717, 1.165) is 57.8 Å². The van der Waals surface area contributed by atoms with Crippen LogP contribution in [0.2, 0.25) is 0 Å². The number of terminal acetylenes is 1. The highest BCUT2D eigenvalue weighted by molar-refractivity contribution is 7.47. The molecule has 0 aromatic heterocycles. The van der Waals surface area contributed by atoms with Gasteiger partial charge in [0.15, 0.2) is 23.7 Å². The Hall–Kier alpha value is -1.63. The molecule has 1 aliphatic heterocycles. The van der Waals surface area contributed by atoms with Crippen molar-refractivity contribution in [2.75, 3.05) is 13.2 Å². The maximum atomic E-state index is 13.2. The molecule has 0 aliphatic carbocycles. The quantitative estimate of drug-likeness (QED) is 0.0352. The topological polar surface area (TPSA) is 144 Å². The lowest BCUT2D eigenvalue weighted by atomic mass is 10.0. The zero-order valence-electron chi connectivity index (χ0n) is 26.7. The van der Waals surface area contributed by atoms with E-state index < -0.39 is 44.1 Å². The summed E-state index contributed by atoms with van der Waals surface area (Å²) in [6, 6.07) is 0. The summed E-state index contributed by atoms with van der Waals surface area (Å²) >= 11 is 0. The van der Waals surface area contributed by atoms with Crippen LogP contribution in [0.25, 0.3) is 0 Å². The van der Waals surface area contributed by atoms with Gasteiger partial charge in [0.05, 0.1) is 13.2 Å². The first-order valence-electron chi connectivity index (χ1n) is 16.5. The normalized spacial score (nSPS) is 16.3. The van der Waals surface area contributed by atoms with Crippen molar-refractivity contribution in [3.63, 3.8) is 0 Å². The number of carbonyl (C=O) groups is 2. The first-order chi connectivity index (χ1) is 20.7. The summed E-state index contributed by atoms with van der Waals surface area (Å²) in [7, 11) is -4.70. The van der Waals surface area contributed by atoms with Crippen molar-refractivity contribution in [3.8, 4) is 12.3 Å². The van der Waals surface area contributed by atoms with Gasteiger partial charge in [0, 0.05) is 25.7 Å². The molecular weight excluding hydrogens is 571 g/mol. The van der Waals surface area contributed by atoms with E-state index in [4.69, 9.17) is 20.2 Å². The molecule has 43 heavy (non-hydrogen) atoms. The van der Waals surface area contributed by atoms with Gasteiger partial charge in [0.25, 0.3) is 0 Å². The summed E-state index contributed by atoms with van der Waals surface area (Å²) in [5.74, 6) is 1.52. The molecule has 0 saturated carbocycles. The van der Waals surface area contributed by atoms with Crippen molar-refractivity contribution in [1.29, 1.82) is 0 Å². The third-order valence-electron chi connectivity index (χ3n) is 7.61. The van der Waals surface area contributed by atoms with Crippen LogP contribution in [0, 0.1) is 12.3 Å². The molecule has 0 saturated heterocycles. The zero-order chi connectivity index (χ0) is 31.8. The fraction of sp³-hybridized carbons (Fsp3) is 0.875. The van der Waals surface area contributed by atoms with Crippen LogP contribution in [0.15, 0.2) is 10.2 Å². The van der Waals surface area contributed by atoms with Gasteiger partial charge in [-0.25, -0.2) is 4.57 Å². The van der Waals surface area contributed by atoms with Crippen LogP contribution in [0.3, 0.4) is 0 Å². The maximum Gasteiger partial charge on any atom is 0.473 e. The molecule has 0 fully saturated rings. The highest BCUT2D eigenvalue weighted by Crippen LogP contribution is 2.46. The van der Waals surface area contributed by atoms with Gasteiger partial charge in [0.2, 0.25) is 0 Å². The number of phosphoric acid groups is 1. The molecule has 0 radical (unpaired) electrons. The van der Waals surface area contributed by atoms with E-state index in [1.54, 1.807) is 6.92 Å². The Labute approximate surface area is 259 Å². The summed E-state index contributed by atoms with van der Waals surface area (Å²) in [6.45, 7) is 3.07. The second-order valence-corrected chi connectivity index (χ2v) is 13.2. The van der Waals surface area contributed by atoms with Gasteiger partial charge in [-0.05, 0) is 26.2 Å². The molecule has 1 rings (SSSR count). The number of carbonyl (C=O) groups excluding carboxylic acids is 2. The second kappa shape index (κ2) is 23.7. The van der Waals surface area contributed by atoms with Crippen molar-refractivity contribution in [3.05, 3.63) is 0 Å². The Morgan fingerprint density at radius 1 is 0.860 bits per heavy atom. The van der Waals surface area contributed by atoms with Crippen LogP contribution in [0.5, 0.6) is 0 Å². The van der Waals surface area contributed by atoms with Crippen molar-refractivity contribution in [2.24, 2.45) is 10.2 Å². The van der Waals surface area contributed by atoms with Gasteiger partial charge >= 0.3 is 13.8 Å². The van der Waals surface area contributed by atoms with Crippen molar-refractivity contribution in [2.45, 2.75) is 167 Å². The van der Waals surface area contributed by atoms with Gasteiger partial charge in [-0.1, -0.05) is 96.8 Å². The number of Topliss-reactive ketones (excluding diaryl/α,β-unsaturated/α-hetero) is 1. The minimum atomic E-state index is -4.70. The van der Waals surface area contributed by atoms with E-state index in [1.165, 1.54) is 44.9 Å². The fourth-order valence-electron chi connectivity index (χ4n) is 4.78. The van der Waals surface area contributed by atoms with E-state index in [-0.39, 0.29) is 25.9 Å². The van der Waals surface area contributed by atoms with E-state index >= 15 is 0 Å². The Balaban J connectivity index is 2.55. The highest BCUT2D eigenvalue weighted by atomic mass is 31.2. The van der Waals surface area contributed by atoms with Gasteiger partial charge in [-0.15, -0.1) is 12.3 Å². The van der Waals surface area contributed by atoms with Crippen LogP contribution >= 0.6 is 7.82 Å². The molecule has 0 bridgehead atoms. The number of rotatable bonds is 30. The molecule has 0 aromatic carbocycles. The van der Waals surface area contributed by atoms with Gasteiger partial charge in [-0.3, -0.25) is 18.6 Å². The van der Waals surface area contributed by atoms with Crippen LogP contribution < -0.4 is 0 Å². The summed E-state index contributed by atoms with van der Waals surface area (Å²) in [4.78, 5) is 36.0. The van der Waals surface area contributed by atoms with Gasteiger partial charge in [0.1, 0.15) is 0 Å². The number of aliphatic hydroxyl groups excluding tert-OH is 1. The number of ketones is 1. The Morgan fingerprint density at radius 3 is 1.88 bits per heavy atom. The van der Waals surface area contributed by atoms with E-state index in [1.807, 2.05) is 0 Å². The van der Waals surface area contributed by atoms with Crippen LogP contribution in [0.1, 0.15) is 149 Å². The number of nitrogens with zero attached hydrogens (tertiary/aromatic N) is 2. The predicted molar refractivity (Wildman–Crippen MR) is 167 cm³/mol. The first-order valence-corrected chi connectivity index (χ1v) is 18.0. The smallest absolute Gasteiger partial charge is 0.457 e. The standard InChI is InChI=1S/C32H57N2O8P/c1-4-6-8-10-12-14-15-16-17-19-21-23-28(36)31(42-43(38,39)40-26-25-32(3)33-34-32)29(27-35)41-30(37)24-22-20-18-13-11-9-7-5-2/h2,29,31,35H,4,6-27H2,1,3H3,(H,38,39)/t29-,31?/m0/s1. The van der Waals surface area contributed by atoms with Crippen LogP contribution in [0.4, 0.5) is 0 Å². The third-order valence-corrected chi connectivity index (χ3v) is 8.62. The summed E-state index contributed by atoms with van der Waals surface area (Å²) in [5, 5.41) is 17.7. The minimum absolute atomic E-state index is 0.0746. The van der Waals surface area contributed by atoms with E-state index in [0.29, 0.717) is 12.8 Å². The number of aliphatic hydroxyl groups is 1. The zero-order valence-corrected chi connectivity index (χ0v) is 27.6. The summed E-state index contributed by atoms with van der Waals surface area (Å²) < 4.78 is 28.4. The fourth-order valence-corrected chi connectivity index (χ4v) is 5.70. The van der Waals surface area contributed by atoms with Crippen molar-refractivity contribution >= 4 is 19.6 Å². The number of unbranched alkanes of at least 4 members (excludes halogenated alkanes) is 16. The Kier molecular flexibility index (Phi) is 21.7. The lowest BCUT2D eigenvalue weighted by molar-refractivity contribution is -0.161. The number of esters is 1. The minimum Gasteiger partial charge on any atom is -0.457 e. The number of phosphoric ester groups is 1. The number of ether oxygens (including phenoxy) is 1. The van der Waals surface area contributed by atoms with Crippen LogP contribution in [-0.4, -0.2) is 52.8 Å². The van der Waals surface area contributed by atoms with Crippen molar-refractivity contribution < 1.29 is 37.9 Å². The molecule has 2 N–H and O–H groups in total. The SMILES string of the molecule is C#CCCCCCCCCC(=O)O[C@@H](CO)C(OP(=O)(O)OCCC1(C)N=N1)C(=O)CCCCCCCCCCCCC. The largest absolute Gasteiger partial charge is 0.473 e. The van der Waals surface area contributed by atoms with E-state index in [9.17, 15) is 24.2 Å². The lowest BCUT2D eigenvalue weighted by Gasteiger charge is -2.26. The molecule has 2 unspecified atom stereocenters. The average molecular weight is 629 g/mol. The van der Waals surface area contributed by atoms with E-state index in [2.05, 4.69) is 23.1 Å². The van der Waals surface area contributed by atoms with Crippen molar-refractivity contribution in [1.82, 2.24) is 0 Å².